The van der Waals surface area contributed by atoms with Crippen LogP contribution in [0.3, 0.4) is 0 Å². The van der Waals surface area contributed by atoms with E-state index in [4.69, 9.17) is 4.74 Å². The van der Waals surface area contributed by atoms with Gasteiger partial charge in [-0.2, -0.15) is 13.2 Å². The molecule has 1 unspecified atom stereocenters. The summed E-state index contributed by atoms with van der Waals surface area (Å²) in [5.41, 5.74) is 1.38. The maximum Gasteiger partial charge on any atom is 0.404 e. The number of carbonyl (C=O) groups is 1. The van der Waals surface area contributed by atoms with Crippen LogP contribution >= 0.6 is 11.3 Å². The predicted molar refractivity (Wildman–Crippen MR) is 121 cm³/mol. The minimum absolute atomic E-state index is 0.00370. The lowest BCUT2D eigenvalue weighted by Gasteiger charge is -2.34. The number of alkyl halides is 3. The molecule has 0 saturated carbocycles. The zero-order valence-corrected chi connectivity index (χ0v) is 20.2. The summed E-state index contributed by atoms with van der Waals surface area (Å²) in [6, 6.07) is 3.18. The number of esters is 1. The molecule has 34 heavy (non-hydrogen) atoms. The minimum Gasteiger partial charge on any atom is -0.460 e. The van der Waals surface area contributed by atoms with Crippen LogP contribution in [0.5, 0.6) is 0 Å². The summed E-state index contributed by atoms with van der Waals surface area (Å²) < 4.78 is 69.4. The van der Waals surface area contributed by atoms with E-state index in [-0.39, 0.29) is 34.2 Å². The SMILES string of the molecule is CCCOC(=O)c1nnc(N=Nc2cc3c(cc2NS(=O)(=O)CC(F)(F)F)N(C)C(C)CC3)s1. The molecule has 0 bridgehead atoms. The Morgan fingerprint density at radius 3 is 2.74 bits per heavy atom. The van der Waals surface area contributed by atoms with Gasteiger partial charge < -0.3 is 9.64 Å². The molecule has 186 valence electrons. The molecule has 2 heterocycles. The van der Waals surface area contributed by atoms with Gasteiger partial charge in [-0.05, 0) is 43.9 Å². The summed E-state index contributed by atoms with van der Waals surface area (Å²) in [6.45, 7) is 4.05. The van der Waals surface area contributed by atoms with Crippen LogP contribution in [0.2, 0.25) is 0 Å². The van der Waals surface area contributed by atoms with Crippen molar-refractivity contribution in [2.75, 3.05) is 29.0 Å². The van der Waals surface area contributed by atoms with E-state index in [1.807, 2.05) is 30.5 Å². The summed E-state index contributed by atoms with van der Waals surface area (Å²) in [5.74, 6) is -2.70. The van der Waals surface area contributed by atoms with Crippen molar-refractivity contribution in [3.05, 3.63) is 22.7 Å². The quantitative estimate of drug-likeness (QED) is 0.398. The largest absolute Gasteiger partial charge is 0.460 e. The van der Waals surface area contributed by atoms with Crippen molar-refractivity contribution >= 4 is 49.5 Å². The molecule has 1 aromatic heterocycles. The minimum atomic E-state index is -4.91. The van der Waals surface area contributed by atoms with Crippen LogP contribution in [0.4, 0.5) is 35.4 Å². The van der Waals surface area contributed by atoms with E-state index in [1.165, 1.54) is 6.07 Å². The van der Waals surface area contributed by atoms with Crippen molar-refractivity contribution < 1.29 is 31.1 Å². The van der Waals surface area contributed by atoms with E-state index in [1.54, 1.807) is 6.07 Å². The summed E-state index contributed by atoms with van der Waals surface area (Å²) in [5, 5.41) is 15.3. The highest BCUT2D eigenvalue weighted by Crippen LogP contribution is 2.39. The molecule has 0 fully saturated rings. The molecule has 1 aromatic carbocycles. The van der Waals surface area contributed by atoms with Crippen LogP contribution in [-0.4, -0.2) is 56.2 Å². The van der Waals surface area contributed by atoms with Gasteiger partial charge in [0.15, 0.2) is 5.75 Å². The number of aromatic nitrogens is 2. The van der Waals surface area contributed by atoms with Gasteiger partial charge in [0.05, 0.1) is 12.3 Å². The summed E-state index contributed by atoms with van der Waals surface area (Å²) >= 11 is 0.814. The molecular formula is C19H23F3N6O4S2. The third kappa shape index (κ3) is 6.62. The number of benzene rings is 1. The smallest absolute Gasteiger partial charge is 0.404 e. The van der Waals surface area contributed by atoms with Gasteiger partial charge in [0.25, 0.3) is 5.13 Å². The second kappa shape index (κ2) is 10.2. The number of anilines is 2. The first-order chi connectivity index (χ1) is 15.9. The number of carbonyl (C=O) groups excluding carboxylic acids is 1. The van der Waals surface area contributed by atoms with Gasteiger partial charge in [-0.3, -0.25) is 4.72 Å². The Kier molecular flexibility index (Phi) is 7.75. The number of hydrogen-bond acceptors (Lipinski definition) is 10. The van der Waals surface area contributed by atoms with Gasteiger partial charge in [0.1, 0.15) is 5.69 Å². The Bertz CT molecular complexity index is 1180. The zero-order valence-electron chi connectivity index (χ0n) is 18.6. The highest BCUT2D eigenvalue weighted by molar-refractivity contribution is 7.92. The van der Waals surface area contributed by atoms with E-state index >= 15 is 0 Å². The zero-order chi connectivity index (χ0) is 25.1. The van der Waals surface area contributed by atoms with Crippen LogP contribution in [0.1, 0.15) is 42.1 Å². The molecule has 0 amide bonds. The van der Waals surface area contributed by atoms with Crippen molar-refractivity contribution in [3.8, 4) is 0 Å². The van der Waals surface area contributed by atoms with Crippen LogP contribution in [0.25, 0.3) is 0 Å². The molecule has 0 spiro atoms. The second-order valence-electron chi connectivity index (χ2n) is 7.70. The maximum atomic E-state index is 12.7. The maximum absolute atomic E-state index is 12.7. The third-order valence-corrected chi connectivity index (χ3v) is 6.98. The number of azo groups is 1. The van der Waals surface area contributed by atoms with E-state index in [0.717, 1.165) is 23.3 Å². The predicted octanol–water partition coefficient (Wildman–Crippen LogP) is 4.60. The number of ether oxygens (including phenoxy) is 1. The normalized spacial score (nSPS) is 16.5. The monoisotopic (exact) mass is 520 g/mol. The van der Waals surface area contributed by atoms with Crippen molar-refractivity contribution in [2.45, 2.75) is 45.3 Å². The van der Waals surface area contributed by atoms with E-state index < -0.39 is 27.9 Å². The Labute approximate surface area is 198 Å². The highest BCUT2D eigenvalue weighted by atomic mass is 32.2. The van der Waals surface area contributed by atoms with Gasteiger partial charge in [0.2, 0.25) is 15.0 Å². The number of sulfonamides is 1. The Morgan fingerprint density at radius 1 is 1.32 bits per heavy atom. The lowest BCUT2D eigenvalue weighted by molar-refractivity contribution is -0.106. The van der Waals surface area contributed by atoms with Crippen molar-refractivity contribution in [3.63, 3.8) is 0 Å². The first-order valence-electron chi connectivity index (χ1n) is 10.3. The van der Waals surface area contributed by atoms with Gasteiger partial charge in [-0.15, -0.1) is 20.4 Å². The molecule has 1 aliphatic heterocycles. The standard InChI is InChI=1S/C19H23F3N6O4S2/c1-4-7-32-17(29)16-24-26-18(33-16)25-23-13-8-12-6-5-11(2)28(3)15(12)9-14(13)27-34(30,31)10-19(20,21)22/h8-9,11,27H,4-7,10H2,1-3H3. The first kappa shape index (κ1) is 25.8. The van der Waals surface area contributed by atoms with E-state index in [0.29, 0.717) is 18.5 Å². The molecule has 0 radical (unpaired) electrons. The first-order valence-corrected chi connectivity index (χ1v) is 12.7. The molecule has 15 heteroatoms. The van der Waals surface area contributed by atoms with Gasteiger partial charge in [-0.1, -0.05) is 18.3 Å². The molecule has 3 rings (SSSR count). The fraction of sp³-hybridized carbons (Fsp3) is 0.526. The molecule has 1 aliphatic rings. The number of nitrogens with zero attached hydrogens (tertiary/aromatic N) is 5. The van der Waals surface area contributed by atoms with Crippen LogP contribution in [0, 0.1) is 0 Å². The summed E-state index contributed by atoms with van der Waals surface area (Å²) in [4.78, 5) is 13.8. The molecule has 1 atom stereocenters. The fourth-order valence-electron chi connectivity index (χ4n) is 3.22. The van der Waals surface area contributed by atoms with Crippen molar-refractivity contribution in [1.82, 2.24) is 10.2 Å². The lowest BCUT2D eigenvalue weighted by atomic mass is 9.96. The molecule has 2 aromatic rings. The van der Waals surface area contributed by atoms with Gasteiger partial charge >= 0.3 is 12.1 Å². The molecule has 10 nitrogen and oxygen atoms in total. The summed E-state index contributed by atoms with van der Waals surface area (Å²) in [6.07, 6.45) is -2.77. The second-order valence-corrected chi connectivity index (χ2v) is 10.4. The molecular weight excluding hydrogens is 497 g/mol. The van der Waals surface area contributed by atoms with E-state index in [9.17, 15) is 26.4 Å². The summed E-state index contributed by atoms with van der Waals surface area (Å²) in [7, 11) is -2.94. The van der Waals surface area contributed by atoms with Crippen LogP contribution < -0.4 is 9.62 Å². The van der Waals surface area contributed by atoms with Crippen molar-refractivity contribution in [1.29, 1.82) is 0 Å². The Morgan fingerprint density at radius 2 is 2.06 bits per heavy atom. The van der Waals surface area contributed by atoms with E-state index in [2.05, 4.69) is 20.4 Å². The number of rotatable bonds is 8. The molecule has 1 N–H and O–H groups in total. The molecule has 0 aliphatic carbocycles. The number of hydrogen-bond donors (Lipinski definition) is 1. The Hall–Kier alpha value is -2.81. The van der Waals surface area contributed by atoms with Crippen LogP contribution in [0.15, 0.2) is 22.4 Å². The molecule has 0 saturated heterocycles. The fourth-order valence-corrected chi connectivity index (χ4v) is 4.78. The Balaban J connectivity index is 1.94. The number of halogens is 3. The van der Waals surface area contributed by atoms with Crippen LogP contribution in [-0.2, 0) is 21.2 Å². The number of fused-ring (bicyclic) bond motifs is 1. The average Bonchev–Trinajstić information content (AvgIpc) is 3.21. The van der Waals surface area contributed by atoms with Crippen molar-refractivity contribution in [2.24, 2.45) is 10.2 Å². The lowest BCUT2D eigenvalue weighted by Crippen LogP contribution is -2.33. The van der Waals surface area contributed by atoms with Gasteiger partial charge in [0, 0.05) is 18.8 Å². The van der Waals surface area contributed by atoms with Gasteiger partial charge in [-0.25, -0.2) is 13.2 Å². The number of aryl methyl sites for hydroxylation is 1. The topological polar surface area (TPSA) is 126 Å². The number of nitrogens with one attached hydrogen (secondary N) is 1. The highest BCUT2D eigenvalue weighted by Gasteiger charge is 2.36. The third-order valence-electron chi connectivity index (χ3n) is 4.96. The average molecular weight is 521 g/mol.